The van der Waals surface area contributed by atoms with Crippen molar-refractivity contribution >= 4 is 32.9 Å². The first kappa shape index (κ1) is 16.4. The van der Waals surface area contributed by atoms with Crippen molar-refractivity contribution in [1.29, 1.82) is 10.5 Å². The van der Waals surface area contributed by atoms with Crippen molar-refractivity contribution < 1.29 is 0 Å². The lowest BCUT2D eigenvalue weighted by Gasteiger charge is -2.04. The molecule has 1 aromatic heterocycles. The molecule has 0 amide bonds. The first-order valence-electron chi connectivity index (χ1n) is 5.03. The highest BCUT2D eigenvalue weighted by molar-refractivity contribution is 7.22. The second kappa shape index (κ2) is 8.45. The summed E-state index contributed by atoms with van der Waals surface area (Å²) < 4.78 is 1.15. The normalized spacial score (nSPS) is 9.16. The molecule has 0 spiro atoms. The van der Waals surface area contributed by atoms with Crippen molar-refractivity contribution in [2.75, 3.05) is 19.0 Å². The van der Waals surface area contributed by atoms with Crippen molar-refractivity contribution in [3.8, 4) is 13.1 Å². The topological polar surface area (TPSA) is 102 Å². The number of anilines is 1. The zero-order chi connectivity index (χ0) is 14.8. The number of thiazole rings is 1. The maximum absolute atomic E-state index is 6.50. The summed E-state index contributed by atoms with van der Waals surface area (Å²) in [6.45, 7) is 7.00. The predicted octanol–water partition coefficient (Wildman–Crippen LogP) is 1.93. The number of hydrazone groups is 1. The molecule has 2 aromatic rings. The summed E-state index contributed by atoms with van der Waals surface area (Å²) in [4.78, 5) is 6.48. The van der Waals surface area contributed by atoms with Gasteiger partial charge in [0.1, 0.15) is 0 Å². The zero-order valence-electron chi connectivity index (χ0n) is 10.7. The van der Waals surface area contributed by atoms with E-state index in [4.69, 9.17) is 16.4 Å². The Bertz CT molecular complexity index is 575. The Hall–Kier alpha value is -2.64. The number of aromatic nitrogens is 1. The highest BCUT2D eigenvalue weighted by atomic mass is 32.1. The minimum atomic E-state index is 0.999. The first-order chi connectivity index (χ1) is 9.20. The van der Waals surface area contributed by atoms with Gasteiger partial charge in [0.25, 0.3) is 0 Å². The van der Waals surface area contributed by atoms with E-state index in [9.17, 15) is 0 Å². The van der Waals surface area contributed by atoms with Gasteiger partial charge in [-0.3, -0.25) is 0 Å². The van der Waals surface area contributed by atoms with Crippen LogP contribution >= 0.6 is 11.3 Å². The number of nitrogens with zero attached hydrogens (tertiary/aromatic N) is 5. The van der Waals surface area contributed by atoms with Gasteiger partial charge >= 0.3 is 0 Å². The molecule has 1 heterocycles. The van der Waals surface area contributed by atoms with Gasteiger partial charge in [0, 0.05) is 27.2 Å². The number of rotatable bonds is 2. The molecule has 19 heavy (non-hydrogen) atoms. The lowest BCUT2D eigenvalue weighted by atomic mass is 10.2. The smallest absolute Gasteiger partial charge is 0.185 e. The van der Waals surface area contributed by atoms with Crippen molar-refractivity contribution in [3.05, 3.63) is 23.8 Å². The van der Waals surface area contributed by atoms with E-state index >= 15 is 0 Å². The van der Waals surface area contributed by atoms with Crippen LogP contribution in [0.4, 0.5) is 5.13 Å². The Balaban J connectivity index is 0.000000741. The van der Waals surface area contributed by atoms with Crippen LogP contribution in [-0.2, 0) is 0 Å². The standard InChI is InChI=1S/C10H12N4S.2CHN/c1-14(2)10-13-8-4-3-7(6-12-11)5-9(8)15-10;2*1-2/h3-6H,11H2,1-2H3;2*1H. The molecular formula is C12H14N6S. The van der Waals surface area contributed by atoms with Gasteiger partial charge in [-0.15, -0.1) is 0 Å². The molecule has 0 fully saturated rings. The van der Waals surface area contributed by atoms with E-state index in [0.717, 1.165) is 20.9 Å². The summed E-state index contributed by atoms with van der Waals surface area (Å²) in [5, 5.41) is 17.5. The number of hydrogen-bond donors (Lipinski definition) is 1. The molecule has 7 heteroatoms. The molecule has 98 valence electrons. The molecule has 0 unspecified atom stereocenters. The van der Waals surface area contributed by atoms with E-state index in [-0.39, 0.29) is 0 Å². The molecule has 0 saturated heterocycles. The number of fused-ring (bicyclic) bond motifs is 1. The molecule has 2 rings (SSSR count). The number of benzene rings is 1. The van der Waals surface area contributed by atoms with Gasteiger partial charge in [-0.05, 0) is 17.7 Å². The second-order valence-electron chi connectivity index (χ2n) is 3.40. The fraction of sp³-hybridized carbons (Fsp3) is 0.167. The van der Waals surface area contributed by atoms with Crippen molar-refractivity contribution in [2.24, 2.45) is 10.9 Å². The molecule has 1 aromatic carbocycles. The van der Waals surface area contributed by atoms with Gasteiger partial charge in [0.2, 0.25) is 0 Å². The molecule has 6 nitrogen and oxygen atoms in total. The monoisotopic (exact) mass is 274 g/mol. The second-order valence-corrected chi connectivity index (χ2v) is 4.41. The minimum absolute atomic E-state index is 0.999. The molecule has 0 aliphatic rings. The zero-order valence-corrected chi connectivity index (χ0v) is 11.5. The molecular weight excluding hydrogens is 260 g/mol. The Morgan fingerprint density at radius 2 is 1.95 bits per heavy atom. The van der Waals surface area contributed by atoms with Crippen LogP contribution in [0.1, 0.15) is 5.56 Å². The molecule has 0 aliphatic carbocycles. The average molecular weight is 274 g/mol. The van der Waals surface area contributed by atoms with E-state index in [0.29, 0.717) is 0 Å². The number of nitriles is 2. The highest BCUT2D eigenvalue weighted by Crippen LogP contribution is 2.27. The van der Waals surface area contributed by atoms with Gasteiger partial charge in [-0.25, -0.2) is 15.5 Å². The summed E-state index contributed by atoms with van der Waals surface area (Å²) in [7, 11) is 3.97. The van der Waals surface area contributed by atoms with Crippen LogP contribution in [0.2, 0.25) is 0 Å². The van der Waals surface area contributed by atoms with Crippen LogP contribution in [-0.4, -0.2) is 25.3 Å². The largest absolute Gasteiger partial charge is 0.354 e. The Morgan fingerprint density at radius 1 is 1.32 bits per heavy atom. The lowest BCUT2D eigenvalue weighted by molar-refractivity contribution is 1.11. The first-order valence-corrected chi connectivity index (χ1v) is 5.85. The minimum Gasteiger partial charge on any atom is -0.354 e. The van der Waals surface area contributed by atoms with E-state index in [2.05, 4.69) is 23.2 Å². The summed E-state index contributed by atoms with van der Waals surface area (Å²) in [6.07, 6.45) is 1.63. The summed E-state index contributed by atoms with van der Waals surface area (Å²) in [5.74, 6) is 5.11. The Labute approximate surface area is 116 Å². The average Bonchev–Trinajstić information content (AvgIpc) is 2.87. The van der Waals surface area contributed by atoms with Crippen LogP contribution in [0.5, 0.6) is 0 Å². The quantitative estimate of drug-likeness (QED) is 0.512. The van der Waals surface area contributed by atoms with E-state index in [1.54, 1.807) is 17.6 Å². The fourth-order valence-electron chi connectivity index (χ4n) is 1.29. The SMILES string of the molecule is C#N.C#N.CN(C)c1nc2ccc(C=NN)cc2s1. The Morgan fingerprint density at radius 3 is 2.47 bits per heavy atom. The van der Waals surface area contributed by atoms with Crippen LogP contribution in [0.15, 0.2) is 23.3 Å². The molecule has 0 saturated carbocycles. The van der Waals surface area contributed by atoms with Crippen LogP contribution in [0.3, 0.4) is 0 Å². The molecule has 0 bridgehead atoms. The summed E-state index contributed by atoms with van der Waals surface area (Å²) in [5.41, 5.74) is 2.01. The predicted molar refractivity (Wildman–Crippen MR) is 79.1 cm³/mol. The van der Waals surface area contributed by atoms with E-state index in [1.165, 1.54) is 0 Å². The fourth-order valence-corrected chi connectivity index (χ4v) is 2.22. The van der Waals surface area contributed by atoms with Gasteiger partial charge < -0.3 is 10.7 Å². The van der Waals surface area contributed by atoms with Crippen molar-refractivity contribution in [3.63, 3.8) is 0 Å². The third-order valence-corrected chi connectivity index (χ3v) is 3.19. The van der Waals surface area contributed by atoms with Crippen molar-refractivity contribution in [1.82, 2.24) is 4.98 Å². The Kier molecular flexibility index (Phi) is 7.28. The maximum Gasteiger partial charge on any atom is 0.185 e. The summed E-state index contributed by atoms with van der Waals surface area (Å²) >= 11 is 1.66. The molecule has 0 atom stereocenters. The molecule has 0 aliphatic heterocycles. The molecule has 0 radical (unpaired) electrons. The third-order valence-electron chi connectivity index (χ3n) is 2.01. The van der Waals surface area contributed by atoms with Gasteiger partial charge in [-0.2, -0.15) is 5.10 Å². The number of nitrogens with two attached hydrogens (primary N) is 1. The van der Waals surface area contributed by atoms with Gasteiger partial charge in [-0.1, -0.05) is 17.4 Å². The molecule has 2 N–H and O–H groups in total. The van der Waals surface area contributed by atoms with Gasteiger partial charge in [0.15, 0.2) is 5.13 Å². The van der Waals surface area contributed by atoms with Crippen LogP contribution in [0, 0.1) is 23.7 Å². The number of hydrogen-bond acceptors (Lipinski definition) is 7. The lowest BCUT2D eigenvalue weighted by Crippen LogP contribution is -2.07. The van der Waals surface area contributed by atoms with Crippen molar-refractivity contribution in [2.45, 2.75) is 0 Å². The van der Waals surface area contributed by atoms with E-state index < -0.39 is 0 Å². The maximum atomic E-state index is 6.50. The summed E-state index contributed by atoms with van der Waals surface area (Å²) in [6, 6.07) is 5.98. The van der Waals surface area contributed by atoms with Crippen LogP contribution < -0.4 is 10.7 Å². The van der Waals surface area contributed by atoms with Crippen LogP contribution in [0.25, 0.3) is 10.2 Å². The van der Waals surface area contributed by atoms with E-state index in [1.807, 2.05) is 37.2 Å². The third kappa shape index (κ3) is 4.26. The highest BCUT2D eigenvalue weighted by Gasteiger charge is 2.05. The van der Waals surface area contributed by atoms with Gasteiger partial charge in [0.05, 0.1) is 16.4 Å².